The molecule has 0 saturated carbocycles. The van der Waals surface area contributed by atoms with Crippen LogP contribution in [0.25, 0.3) is 0 Å². The molecule has 0 aliphatic carbocycles. The summed E-state index contributed by atoms with van der Waals surface area (Å²) in [5.41, 5.74) is 0. The van der Waals surface area contributed by atoms with Gasteiger partial charge in [0.1, 0.15) is 11.2 Å². The molecule has 0 fully saturated rings. The fourth-order valence-corrected chi connectivity index (χ4v) is 1.84. The summed E-state index contributed by atoms with van der Waals surface area (Å²) in [6, 6.07) is 8.01. The van der Waals surface area contributed by atoms with E-state index < -0.39 is 0 Å². The first kappa shape index (κ1) is 12.7. The highest BCUT2D eigenvalue weighted by Crippen LogP contribution is 2.14. The number of thiocyanates is 1. The van der Waals surface area contributed by atoms with Gasteiger partial charge in [0.25, 0.3) is 0 Å². The van der Waals surface area contributed by atoms with Crippen molar-refractivity contribution < 1.29 is 4.74 Å². The van der Waals surface area contributed by atoms with Gasteiger partial charge in [-0.2, -0.15) is 5.26 Å². The Bertz CT molecular complexity index is 320. The zero-order valence-corrected chi connectivity index (χ0v) is 11.3. The van der Waals surface area contributed by atoms with Crippen molar-refractivity contribution in [3.63, 3.8) is 0 Å². The molecule has 1 aromatic rings. The van der Waals surface area contributed by atoms with E-state index in [9.17, 15) is 0 Å². The third kappa shape index (κ3) is 5.90. The Balaban J connectivity index is 2.10. The first-order valence-corrected chi connectivity index (χ1v) is 6.78. The summed E-state index contributed by atoms with van der Waals surface area (Å²) in [6.07, 6.45) is 2.03. The molecule has 80 valence electrons. The van der Waals surface area contributed by atoms with Gasteiger partial charge in [0.2, 0.25) is 0 Å². The molecule has 0 bridgehead atoms. The third-order valence-electron chi connectivity index (χ3n) is 1.79. The lowest BCUT2D eigenvalue weighted by molar-refractivity contribution is 0.310. The lowest BCUT2D eigenvalue weighted by atomic mass is 10.3. The summed E-state index contributed by atoms with van der Waals surface area (Å²) in [5.74, 6) is 1.82. The molecule has 0 atom stereocenters. The van der Waals surface area contributed by atoms with Gasteiger partial charge < -0.3 is 4.74 Å². The van der Waals surface area contributed by atoms with Crippen molar-refractivity contribution in [3.05, 3.63) is 27.8 Å². The Morgan fingerprint density at radius 1 is 1.27 bits per heavy atom. The summed E-state index contributed by atoms with van der Waals surface area (Å²) in [4.78, 5) is 0. The van der Waals surface area contributed by atoms with Gasteiger partial charge in [0.15, 0.2) is 0 Å². The van der Waals surface area contributed by atoms with Gasteiger partial charge >= 0.3 is 0 Å². The van der Waals surface area contributed by atoms with Gasteiger partial charge in [-0.15, -0.1) is 0 Å². The molecule has 0 heterocycles. The lowest BCUT2D eigenvalue weighted by Gasteiger charge is -2.05. The molecule has 0 amide bonds. The van der Waals surface area contributed by atoms with Crippen LogP contribution in [0.3, 0.4) is 0 Å². The van der Waals surface area contributed by atoms with Crippen LogP contribution < -0.4 is 4.74 Å². The Morgan fingerprint density at radius 3 is 2.67 bits per heavy atom. The van der Waals surface area contributed by atoms with E-state index in [0.29, 0.717) is 0 Å². The highest BCUT2D eigenvalue weighted by molar-refractivity contribution is 14.1. The van der Waals surface area contributed by atoms with Crippen molar-refractivity contribution in [2.24, 2.45) is 0 Å². The first-order chi connectivity index (χ1) is 7.33. The molecular formula is C11H12INOS. The number of benzene rings is 1. The number of unbranched alkanes of at least 4 members (excludes halogenated alkanes) is 1. The Morgan fingerprint density at radius 2 is 2.00 bits per heavy atom. The predicted octanol–water partition coefficient (Wildman–Crippen LogP) is 3.66. The SMILES string of the molecule is N#CSCCCCOc1ccc(I)cc1. The second kappa shape index (κ2) is 7.83. The lowest BCUT2D eigenvalue weighted by Crippen LogP contribution is -1.97. The molecule has 0 aliphatic heterocycles. The molecule has 0 aromatic heterocycles. The van der Waals surface area contributed by atoms with E-state index >= 15 is 0 Å². The van der Waals surface area contributed by atoms with E-state index in [4.69, 9.17) is 10.00 Å². The molecular weight excluding hydrogens is 321 g/mol. The first-order valence-electron chi connectivity index (χ1n) is 4.72. The normalized spacial score (nSPS) is 9.60. The maximum atomic E-state index is 8.31. The number of halogens is 1. The van der Waals surface area contributed by atoms with Crippen LogP contribution in [0.5, 0.6) is 5.75 Å². The molecule has 0 unspecified atom stereocenters. The van der Waals surface area contributed by atoms with E-state index in [2.05, 4.69) is 28.0 Å². The third-order valence-corrected chi connectivity index (χ3v) is 3.13. The molecule has 15 heavy (non-hydrogen) atoms. The fourth-order valence-electron chi connectivity index (χ4n) is 1.04. The van der Waals surface area contributed by atoms with Gasteiger partial charge in [-0.25, -0.2) is 0 Å². The van der Waals surface area contributed by atoms with Crippen LogP contribution in [0.15, 0.2) is 24.3 Å². The van der Waals surface area contributed by atoms with Crippen LogP contribution in [-0.2, 0) is 0 Å². The van der Waals surface area contributed by atoms with Crippen molar-refractivity contribution in [3.8, 4) is 11.2 Å². The average molecular weight is 333 g/mol. The molecule has 1 aromatic carbocycles. The highest BCUT2D eigenvalue weighted by atomic mass is 127. The number of hydrogen-bond donors (Lipinski definition) is 0. The van der Waals surface area contributed by atoms with Gasteiger partial charge in [0, 0.05) is 9.32 Å². The number of thioether (sulfide) groups is 1. The van der Waals surface area contributed by atoms with Crippen LogP contribution >= 0.6 is 34.4 Å². The summed E-state index contributed by atoms with van der Waals surface area (Å²) >= 11 is 3.57. The molecule has 0 spiro atoms. The zero-order chi connectivity index (χ0) is 10.9. The molecule has 0 aliphatic rings. The largest absolute Gasteiger partial charge is 0.494 e. The van der Waals surface area contributed by atoms with Crippen LogP contribution in [0.2, 0.25) is 0 Å². The maximum absolute atomic E-state index is 8.31. The summed E-state index contributed by atoms with van der Waals surface area (Å²) in [5, 5.41) is 10.4. The topological polar surface area (TPSA) is 33.0 Å². The molecule has 0 saturated heterocycles. The van der Waals surface area contributed by atoms with Crippen LogP contribution in [-0.4, -0.2) is 12.4 Å². The molecule has 0 radical (unpaired) electrons. The molecule has 0 N–H and O–H groups in total. The van der Waals surface area contributed by atoms with Crippen LogP contribution in [0.1, 0.15) is 12.8 Å². The number of rotatable bonds is 6. The van der Waals surface area contributed by atoms with E-state index in [1.54, 1.807) is 0 Å². The summed E-state index contributed by atoms with van der Waals surface area (Å²) < 4.78 is 6.76. The maximum Gasteiger partial charge on any atom is 0.133 e. The van der Waals surface area contributed by atoms with Crippen molar-refractivity contribution in [1.29, 1.82) is 5.26 Å². The van der Waals surface area contributed by atoms with E-state index in [1.807, 2.05) is 24.3 Å². The quantitative estimate of drug-likeness (QED) is 0.452. The summed E-state index contributed by atoms with van der Waals surface area (Å²) in [6.45, 7) is 0.729. The second-order valence-electron chi connectivity index (χ2n) is 2.95. The number of nitriles is 1. The standard InChI is InChI=1S/C11H12INOS/c12-10-3-5-11(6-4-10)14-7-1-2-8-15-9-13/h3-6H,1-2,7-8H2. The zero-order valence-electron chi connectivity index (χ0n) is 8.28. The van der Waals surface area contributed by atoms with Gasteiger partial charge in [-0.1, -0.05) is 0 Å². The van der Waals surface area contributed by atoms with Crippen molar-refractivity contribution >= 4 is 34.4 Å². The summed E-state index contributed by atoms with van der Waals surface area (Å²) in [7, 11) is 0. The smallest absolute Gasteiger partial charge is 0.133 e. The van der Waals surface area contributed by atoms with Gasteiger partial charge in [0.05, 0.1) is 6.61 Å². The van der Waals surface area contributed by atoms with Gasteiger partial charge in [-0.05, 0) is 71.5 Å². The molecule has 1 rings (SSSR count). The highest BCUT2D eigenvalue weighted by Gasteiger charge is 1.94. The minimum atomic E-state index is 0.729. The number of hydrogen-bond acceptors (Lipinski definition) is 3. The average Bonchev–Trinajstić information content (AvgIpc) is 2.26. The Hall–Kier alpha value is -0.410. The van der Waals surface area contributed by atoms with E-state index in [1.165, 1.54) is 15.3 Å². The van der Waals surface area contributed by atoms with Crippen molar-refractivity contribution in [2.75, 3.05) is 12.4 Å². The van der Waals surface area contributed by atoms with Gasteiger partial charge in [-0.3, -0.25) is 0 Å². The Kier molecular flexibility index (Phi) is 6.60. The van der Waals surface area contributed by atoms with E-state index in [-0.39, 0.29) is 0 Å². The fraction of sp³-hybridized carbons (Fsp3) is 0.364. The predicted molar refractivity (Wildman–Crippen MR) is 72.0 cm³/mol. The molecule has 4 heteroatoms. The van der Waals surface area contributed by atoms with Crippen LogP contribution in [0, 0.1) is 14.2 Å². The second-order valence-corrected chi connectivity index (χ2v) is 5.07. The monoisotopic (exact) mass is 333 g/mol. The van der Waals surface area contributed by atoms with Crippen LogP contribution in [0.4, 0.5) is 0 Å². The Labute approximate surface area is 108 Å². The number of ether oxygens (including phenoxy) is 1. The molecule has 2 nitrogen and oxygen atoms in total. The minimum Gasteiger partial charge on any atom is -0.494 e. The van der Waals surface area contributed by atoms with E-state index in [0.717, 1.165) is 31.0 Å². The number of nitrogens with zero attached hydrogens (tertiary/aromatic N) is 1. The van der Waals surface area contributed by atoms with Crippen molar-refractivity contribution in [1.82, 2.24) is 0 Å². The minimum absolute atomic E-state index is 0.729. The van der Waals surface area contributed by atoms with Crippen molar-refractivity contribution in [2.45, 2.75) is 12.8 Å².